The molecule has 0 bridgehead atoms. The van der Waals surface area contributed by atoms with E-state index in [1.165, 1.54) is 16.7 Å². The van der Waals surface area contributed by atoms with Crippen LogP contribution in [0.15, 0.2) is 12.1 Å². The van der Waals surface area contributed by atoms with Crippen molar-refractivity contribution in [2.75, 3.05) is 13.2 Å². The van der Waals surface area contributed by atoms with Crippen molar-refractivity contribution >= 4 is 0 Å². The Labute approximate surface area is 109 Å². The number of aryl methyl sites for hydroxylation is 3. The monoisotopic (exact) mass is 252 g/mol. The van der Waals surface area contributed by atoms with Gasteiger partial charge in [-0.1, -0.05) is 12.1 Å². The first-order valence-electron chi connectivity index (χ1n) is 6.44. The van der Waals surface area contributed by atoms with Crippen molar-refractivity contribution in [2.45, 2.75) is 46.3 Å². The van der Waals surface area contributed by atoms with E-state index < -0.39 is 6.10 Å². The summed E-state index contributed by atoms with van der Waals surface area (Å²) in [6, 6.07) is 4.26. The van der Waals surface area contributed by atoms with Gasteiger partial charge in [-0.05, 0) is 49.9 Å². The lowest BCUT2D eigenvalue weighted by Gasteiger charge is -2.22. The van der Waals surface area contributed by atoms with Gasteiger partial charge in [-0.25, -0.2) is 0 Å². The molecular weight excluding hydrogens is 228 g/mol. The summed E-state index contributed by atoms with van der Waals surface area (Å²) in [4.78, 5) is 0. The van der Waals surface area contributed by atoms with Crippen molar-refractivity contribution < 1.29 is 14.9 Å². The van der Waals surface area contributed by atoms with E-state index in [0.29, 0.717) is 13.0 Å². The fourth-order valence-corrected chi connectivity index (χ4v) is 2.12. The van der Waals surface area contributed by atoms with Crippen molar-refractivity contribution in [1.82, 2.24) is 0 Å². The van der Waals surface area contributed by atoms with Gasteiger partial charge in [-0.2, -0.15) is 0 Å². The highest BCUT2D eigenvalue weighted by molar-refractivity contribution is 5.37. The number of benzene rings is 1. The third-order valence-corrected chi connectivity index (χ3v) is 3.19. The molecule has 0 heterocycles. The molecular formula is C15H24O3. The Morgan fingerprint density at radius 1 is 1.11 bits per heavy atom. The van der Waals surface area contributed by atoms with E-state index >= 15 is 0 Å². The second kappa shape index (κ2) is 6.88. The Morgan fingerprint density at radius 2 is 1.72 bits per heavy atom. The average Bonchev–Trinajstić information content (AvgIpc) is 2.29. The van der Waals surface area contributed by atoms with Gasteiger partial charge in [0.2, 0.25) is 0 Å². The largest absolute Gasteiger partial charge is 0.394 e. The summed E-state index contributed by atoms with van der Waals surface area (Å²) in [5.41, 5.74) is 4.75. The third-order valence-electron chi connectivity index (χ3n) is 3.19. The molecule has 1 aromatic rings. The van der Waals surface area contributed by atoms with Crippen molar-refractivity contribution in [3.05, 3.63) is 34.4 Å². The fraction of sp³-hybridized carbons (Fsp3) is 0.600. The first kappa shape index (κ1) is 15.2. The van der Waals surface area contributed by atoms with Gasteiger partial charge in [0.05, 0.1) is 25.4 Å². The topological polar surface area (TPSA) is 49.7 Å². The van der Waals surface area contributed by atoms with Gasteiger partial charge in [0.1, 0.15) is 0 Å². The molecule has 0 radical (unpaired) electrons. The maximum atomic E-state index is 9.56. The van der Waals surface area contributed by atoms with Crippen LogP contribution in [-0.2, 0) is 4.74 Å². The van der Waals surface area contributed by atoms with Crippen LogP contribution in [0, 0.1) is 20.8 Å². The quantitative estimate of drug-likeness (QED) is 0.817. The van der Waals surface area contributed by atoms with E-state index in [1.807, 2.05) is 0 Å². The van der Waals surface area contributed by atoms with Crippen LogP contribution in [0.5, 0.6) is 0 Å². The van der Waals surface area contributed by atoms with Crippen molar-refractivity contribution in [3.63, 3.8) is 0 Å². The van der Waals surface area contributed by atoms with Gasteiger partial charge in [0.25, 0.3) is 0 Å². The van der Waals surface area contributed by atoms with E-state index in [4.69, 9.17) is 9.84 Å². The Bertz CT molecular complexity index is 386. The smallest absolute Gasteiger partial charge is 0.0853 e. The minimum absolute atomic E-state index is 0.000199. The number of hydrogen-bond donors (Lipinski definition) is 2. The van der Waals surface area contributed by atoms with Gasteiger partial charge in [0.15, 0.2) is 0 Å². The van der Waals surface area contributed by atoms with Gasteiger partial charge in [-0.15, -0.1) is 0 Å². The predicted molar refractivity (Wildman–Crippen MR) is 72.7 cm³/mol. The van der Waals surface area contributed by atoms with E-state index in [-0.39, 0.29) is 12.7 Å². The van der Waals surface area contributed by atoms with Crippen LogP contribution >= 0.6 is 0 Å². The molecule has 0 aliphatic heterocycles. The highest BCUT2D eigenvalue weighted by Gasteiger charge is 2.17. The summed E-state index contributed by atoms with van der Waals surface area (Å²) in [6.07, 6.45) is -0.0327. The highest BCUT2D eigenvalue weighted by atomic mass is 16.5. The lowest BCUT2D eigenvalue weighted by molar-refractivity contribution is -0.000218. The van der Waals surface area contributed by atoms with Gasteiger partial charge < -0.3 is 14.9 Å². The molecule has 2 N–H and O–H groups in total. The first-order chi connectivity index (χ1) is 8.45. The molecule has 0 fully saturated rings. The fourth-order valence-electron chi connectivity index (χ4n) is 2.12. The van der Waals surface area contributed by atoms with E-state index in [1.54, 1.807) is 6.92 Å². The summed E-state index contributed by atoms with van der Waals surface area (Å²) in [5, 5.41) is 18.4. The van der Waals surface area contributed by atoms with Crippen LogP contribution in [0.2, 0.25) is 0 Å². The molecule has 1 rings (SSSR count). The third kappa shape index (κ3) is 4.09. The second-order valence-corrected chi connectivity index (χ2v) is 4.96. The molecule has 0 aromatic heterocycles. The zero-order valence-electron chi connectivity index (χ0n) is 11.7. The summed E-state index contributed by atoms with van der Waals surface area (Å²) in [7, 11) is 0. The number of hydrogen-bond acceptors (Lipinski definition) is 3. The minimum Gasteiger partial charge on any atom is -0.394 e. The van der Waals surface area contributed by atoms with Gasteiger partial charge in [0, 0.05) is 6.42 Å². The summed E-state index contributed by atoms with van der Waals surface area (Å²) >= 11 is 0. The Balaban J connectivity index is 2.99. The molecule has 0 amide bonds. The Hall–Kier alpha value is -0.900. The van der Waals surface area contributed by atoms with Crippen LogP contribution < -0.4 is 0 Å². The molecule has 0 saturated heterocycles. The van der Waals surface area contributed by atoms with E-state index in [2.05, 4.69) is 32.9 Å². The van der Waals surface area contributed by atoms with Gasteiger partial charge in [-0.3, -0.25) is 0 Å². The molecule has 0 saturated carbocycles. The van der Waals surface area contributed by atoms with Crippen molar-refractivity contribution in [3.8, 4) is 0 Å². The molecule has 2 atom stereocenters. The first-order valence-corrected chi connectivity index (χ1v) is 6.44. The number of aliphatic hydroxyl groups excluding tert-OH is 2. The zero-order valence-corrected chi connectivity index (χ0v) is 11.7. The van der Waals surface area contributed by atoms with Crippen molar-refractivity contribution in [2.24, 2.45) is 0 Å². The van der Waals surface area contributed by atoms with Crippen LogP contribution in [-0.4, -0.2) is 29.5 Å². The SMILES string of the molecule is Cc1cc(C)c(C(C[C@H](C)O)OCCO)cc1C. The highest BCUT2D eigenvalue weighted by Crippen LogP contribution is 2.28. The second-order valence-electron chi connectivity index (χ2n) is 4.96. The van der Waals surface area contributed by atoms with Gasteiger partial charge >= 0.3 is 0 Å². The summed E-state index contributed by atoms with van der Waals surface area (Å²) < 4.78 is 5.65. The van der Waals surface area contributed by atoms with Crippen molar-refractivity contribution in [1.29, 1.82) is 0 Å². The molecule has 1 aromatic carbocycles. The number of ether oxygens (including phenoxy) is 1. The summed E-state index contributed by atoms with van der Waals surface area (Å²) in [5.74, 6) is 0. The van der Waals surface area contributed by atoms with Crippen LogP contribution in [0.1, 0.15) is 41.7 Å². The molecule has 0 spiro atoms. The average molecular weight is 252 g/mol. The molecule has 18 heavy (non-hydrogen) atoms. The lowest BCUT2D eigenvalue weighted by atomic mass is 9.94. The summed E-state index contributed by atoms with van der Waals surface area (Å²) in [6.45, 7) is 8.27. The molecule has 1 unspecified atom stereocenters. The van der Waals surface area contributed by atoms with E-state index in [0.717, 1.165) is 5.56 Å². The minimum atomic E-state index is -0.422. The van der Waals surface area contributed by atoms with E-state index in [9.17, 15) is 5.11 Å². The van der Waals surface area contributed by atoms with Crippen LogP contribution in [0.4, 0.5) is 0 Å². The van der Waals surface area contributed by atoms with Crippen LogP contribution in [0.25, 0.3) is 0 Å². The number of aliphatic hydroxyl groups is 2. The molecule has 0 aliphatic rings. The molecule has 3 heteroatoms. The number of rotatable bonds is 6. The standard InChI is InChI=1S/C15H24O3/c1-10-7-12(3)14(8-11(10)2)15(9-13(4)17)18-6-5-16/h7-8,13,15-17H,5-6,9H2,1-4H3/t13-,15?/m0/s1. The maximum Gasteiger partial charge on any atom is 0.0853 e. The Kier molecular flexibility index (Phi) is 5.79. The maximum absolute atomic E-state index is 9.56. The normalized spacial score (nSPS) is 14.6. The van der Waals surface area contributed by atoms with Crippen LogP contribution in [0.3, 0.4) is 0 Å². The Morgan fingerprint density at radius 3 is 2.28 bits per heavy atom. The molecule has 3 nitrogen and oxygen atoms in total. The molecule has 0 aliphatic carbocycles. The zero-order chi connectivity index (χ0) is 13.7. The lowest BCUT2D eigenvalue weighted by Crippen LogP contribution is -2.15. The molecule has 102 valence electrons. The predicted octanol–water partition coefficient (Wildman–Crippen LogP) is 2.43.